The Hall–Kier alpha value is -2.32. The number of carbonyl (C=O) groups is 1. The molecule has 3 rings (SSSR count). The van der Waals surface area contributed by atoms with Crippen molar-refractivity contribution in [3.8, 4) is 0 Å². The van der Waals surface area contributed by atoms with Gasteiger partial charge in [-0.2, -0.15) is 0 Å². The number of hydrogen-bond acceptors (Lipinski definition) is 5. The van der Waals surface area contributed by atoms with Crippen molar-refractivity contribution in [1.29, 1.82) is 0 Å². The van der Waals surface area contributed by atoms with Crippen LogP contribution in [0.3, 0.4) is 0 Å². The highest BCUT2D eigenvalue weighted by Gasteiger charge is 2.23. The first-order valence-electron chi connectivity index (χ1n) is 8.13. The zero-order valence-electron chi connectivity index (χ0n) is 14.9. The van der Waals surface area contributed by atoms with Crippen molar-refractivity contribution in [2.75, 3.05) is 10.5 Å². The third-order valence-corrected chi connectivity index (χ3v) is 6.31. The summed E-state index contributed by atoms with van der Waals surface area (Å²) in [6.45, 7) is 1.68. The van der Waals surface area contributed by atoms with E-state index in [4.69, 9.17) is 40.5 Å². The van der Waals surface area contributed by atoms with Crippen LogP contribution in [0.4, 0.5) is 11.4 Å². The van der Waals surface area contributed by atoms with Crippen LogP contribution in [0, 0.1) is 6.92 Å². The molecular formula is C19H14Cl3N3O3S. The van der Waals surface area contributed by atoms with Crippen LogP contribution >= 0.6 is 34.8 Å². The van der Waals surface area contributed by atoms with E-state index in [0.29, 0.717) is 16.3 Å². The van der Waals surface area contributed by atoms with E-state index in [9.17, 15) is 13.2 Å². The number of ketones is 1. The molecular weight excluding hydrogens is 457 g/mol. The number of halogens is 3. The molecule has 0 atom stereocenters. The van der Waals surface area contributed by atoms with Crippen molar-refractivity contribution in [1.82, 2.24) is 4.98 Å². The Morgan fingerprint density at radius 3 is 2.41 bits per heavy atom. The molecule has 0 aliphatic heterocycles. The highest BCUT2D eigenvalue weighted by Crippen LogP contribution is 2.28. The molecule has 6 nitrogen and oxygen atoms in total. The zero-order valence-corrected chi connectivity index (χ0v) is 18.0. The summed E-state index contributed by atoms with van der Waals surface area (Å²) >= 11 is 18.0. The summed E-state index contributed by atoms with van der Waals surface area (Å²) in [5.41, 5.74) is 6.47. The lowest BCUT2D eigenvalue weighted by Crippen LogP contribution is -2.17. The van der Waals surface area contributed by atoms with E-state index in [0.717, 1.165) is 0 Å². The third kappa shape index (κ3) is 4.64. The van der Waals surface area contributed by atoms with E-state index >= 15 is 0 Å². The second kappa shape index (κ2) is 8.20. The van der Waals surface area contributed by atoms with Crippen molar-refractivity contribution in [3.63, 3.8) is 0 Å². The number of benzene rings is 2. The van der Waals surface area contributed by atoms with Gasteiger partial charge in [0.05, 0.1) is 20.6 Å². The maximum atomic E-state index is 13.0. The van der Waals surface area contributed by atoms with Crippen LogP contribution in [-0.4, -0.2) is 19.2 Å². The van der Waals surface area contributed by atoms with Crippen molar-refractivity contribution < 1.29 is 13.2 Å². The monoisotopic (exact) mass is 469 g/mol. The van der Waals surface area contributed by atoms with Crippen LogP contribution in [0.5, 0.6) is 0 Å². The number of aromatic nitrogens is 1. The molecule has 1 heterocycles. The molecule has 3 N–H and O–H groups in total. The van der Waals surface area contributed by atoms with Crippen molar-refractivity contribution in [2.24, 2.45) is 0 Å². The van der Waals surface area contributed by atoms with Gasteiger partial charge in [0.1, 0.15) is 5.69 Å². The largest absolute Gasteiger partial charge is 0.399 e. The number of hydrogen-bond donors (Lipinski definition) is 2. The van der Waals surface area contributed by atoms with Gasteiger partial charge in [0.15, 0.2) is 0 Å². The molecule has 2 aromatic carbocycles. The first-order chi connectivity index (χ1) is 13.6. The maximum Gasteiger partial charge on any atom is 0.261 e. The van der Waals surface area contributed by atoms with E-state index in [1.807, 2.05) is 0 Å². The average Bonchev–Trinajstić information content (AvgIpc) is 2.65. The molecule has 1 aromatic heterocycles. The number of rotatable bonds is 5. The summed E-state index contributed by atoms with van der Waals surface area (Å²) in [6, 6.07) is 9.94. The van der Waals surface area contributed by atoms with E-state index in [2.05, 4.69) is 9.71 Å². The third-order valence-electron chi connectivity index (χ3n) is 3.99. The van der Waals surface area contributed by atoms with Crippen LogP contribution in [0.1, 0.15) is 21.6 Å². The zero-order chi connectivity index (χ0) is 21.3. The van der Waals surface area contributed by atoms with Crippen molar-refractivity contribution in [2.45, 2.75) is 11.8 Å². The molecule has 0 amide bonds. The number of nitrogen functional groups attached to an aromatic ring is 1. The molecule has 0 fully saturated rings. The topological polar surface area (TPSA) is 102 Å². The summed E-state index contributed by atoms with van der Waals surface area (Å²) in [7, 11) is -4.04. The minimum absolute atomic E-state index is 0.0280. The number of sulfonamides is 1. The fourth-order valence-corrected chi connectivity index (χ4v) is 4.15. The second-order valence-electron chi connectivity index (χ2n) is 6.13. The van der Waals surface area contributed by atoms with E-state index in [1.54, 1.807) is 13.0 Å². The van der Waals surface area contributed by atoms with Crippen LogP contribution in [-0.2, 0) is 10.0 Å². The van der Waals surface area contributed by atoms with Gasteiger partial charge in [-0.25, -0.2) is 13.4 Å². The van der Waals surface area contributed by atoms with Crippen molar-refractivity contribution in [3.05, 3.63) is 80.6 Å². The SMILES string of the molecule is Cc1cc(S(=O)(=O)Nc2cc(Cl)cnc2C(=O)c2cc(N)ccc2Cl)ccc1Cl. The van der Waals surface area contributed by atoms with Crippen molar-refractivity contribution >= 4 is 62.0 Å². The predicted molar refractivity (Wildman–Crippen MR) is 116 cm³/mol. The maximum absolute atomic E-state index is 13.0. The number of pyridine rings is 1. The van der Waals surface area contributed by atoms with Gasteiger partial charge in [0.2, 0.25) is 5.78 Å². The van der Waals surface area contributed by atoms with Gasteiger partial charge in [-0.1, -0.05) is 34.8 Å². The lowest BCUT2D eigenvalue weighted by Gasteiger charge is -2.13. The minimum Gasteiger partial charge on any atom is -0.399 e. The molecule has 0 bridgehead atoms. The highest BCUT2D eigenvalue weighted by molar-refractivity contribution is 7.92. The molecule has 10 heteroatoms. The first kappa shape index (κ1) is 21.4. The number of aryl methyl sites for hydroxylation is 1. The Bertz CT molecular complexity index is 1230. The molecule has 0 saturated carbocycles. The number of nitrogens with one attached hydrogen (secondary N) is 1. The number of carbonyl (C=O) groups excluding carboxylic acids is 1. The van der Waals surface area contributed by atoms with Gasteiger partial charge < -0.3 is 5.73 Å². The Morgan fingerprint density at radius 2 is 1.72 bits per heavy atom. The van der Waals surface area contributed by atoms with E-state index in [-0.39, 0.29) is 31.9 Å². The van der Waals surface area contributed by atoms with Crippen LogP contribution < -0.4 is 10.5 Å². The minimum atomic E-state index is -4.04. The van der Waals surface area contributed by atoms with Gasteiger partial charge in [-0.15, -0.1) is 0 Å². The normalized spacial score (nSPS) is 11.3. The summed E-state index contributed by atoms with van der Waals surface area (Å²) in [6.07, 6.45) is 1.24. The van der Waals surface area contributed by atoms with Gasteiger partial charge >= 0.3 is 0 Å². The lowest BCUT2D eigenvalue weighted by molar-refractivity contribution is 0.103. The standard InChI is InChI=1S/C19H14Cl3N3O3S/c1-10-6-13(3-5-15(10)21)29(27,28)25-17-7-11(20)9-24-18(17)19(26)14-8-12(23)2-4-16(14)22/h2-9,25H,23H2,1H3. The Morgan fingerprint density at radius 1 is 1.03 bits per heavy atom. The molecule has 0 radical (unpaired) electrons. The summed E-state index contributed by atoms with van der Waals surface area (Å²) in [5, 5.41) is 0.730. The fourth-order valence-electron chi connectivity index (χ4n) is 2.53. The van der Waals surface area contributed by atoms with Gasteiger partial charge in [-0.05, 0) is 55.0 Å². The molecule has 0 unspecified atom stereocenters. The Labute approximate surface area is 182 Å². The fraction of sp³-hybridized carbons (Fsp3) is 0.0526. The smallest absolute Gasteiger partial charge is 0.261 e. The van der Waals surface area contributed by atoms with Crippen LogP contribution in [0.15, 0.2) is 53.6 Å². The van der Waals surface area contributed by atoms with E-state index in [1.165, 1.54) is 42.6 Å². The Balaban J connectivity index is 2.06. The van der Waals surface area contributed by atoms with Gasteiger partial charge in [0.25, 0.3) is 10.0 Å². The van der Waals surface area contributed by atoms with E-state index < -0.39 is 15.8 Å². The average molecular weight is 471 g/mol. The number of nitrogens with two attached hydrogens (primary N) is 1. The van der Waals surface area contributed by atoms with Crippen LogP contribution in [0.2, 0.25) is 15.1 Å². The molecule has 0 aliphatic carbocycles. The number of nitrogens with zero attached hydrogens (tertiary/aromatic N) is 1. The molecule has 29 heavy (non-hydrogen) atoms. The molecule has 0 aliphatic rings. The molecule has 3 aromatic rings. The van der Waals surface area contributed by atoms with Gasteiger partial charge in [0, 0.05) is 22.5 Å². The predicted octanol–water partition coefficient (Wildman–Crippen LogP) is 4.96. The number of anilines is 2. The molecule has 0 spiro atoms. The van der Waals surface area contributed by atoms with Crippen LogP contribution in [0.25, 0.3) is 0 Å². The first-order valence-corrected chi connectivity index (χ1v) is 10.7. The lowest BCUT2D eigenvalue weighted by atomic mass is 10.1. The summed E-state index contributed by atoms with van der Waals surface area (Å²) in [5.74, 6) is -0.607. The highest BCUT2D eigenvalue weighted by atomic mass is 35.5. The molecule has 150 valence electrons. The summed E-state index contributed by atoms with van der Waals surface area (Å²) in [4.78, 5) is 17.0. The Kier molecular flexibility index (Phi) is 6.05. The molecule has 0 saturated heterocycles. The quantitative estimate of drug-likeness (QED) is 0.405. The summed E-state index contributed by atoms with van der Waals surface area (Å²) < 4.78 is 28.0. The van der Waals surface area contributed by atoms with Gasteiger partial charge in [-0.3, -0.25) is 9.52 Å². The second-order valence-corrected chi connectivity index (χ2v) is 9.07.